The minimum absolute atomic E-state index is 0.00307. The van der Waals surface area contributed by atoms with Crippen molar-refractivity contribution in [3.63, 3.8) is 0 Å². The highest BCUT2D eigenvalue weighted by Crippen LogP contribution is 2.44. The molecule has 5 heteroatoms. The highest BCUT2D eigenvalue weighted by molar-refractivity contribution is 7.99. The summed E-state index contributed by atoms with van der Waals surface area (Å²) in [7, 11) is 0. The Balaban J connectivity index is 1.51. The molecule has 3 aromatic rings. The molecule has 152 valence electrons. The first kappa shape index (κ1) is 19.2. The van der Waals surface area contributed by atoms with Crippen molar-refractivity contribution >= 4 is 34.5 Å². The molecule has 4 nitrogen and oxygen atoms in total. The summed E-state index contributed by atoms with van der Waals surface area (Å²) >= 11 is 1.76. The highest BCUT2D eigenvalue weighted by atomic mass is 32.2. The molecule has 2 unspecified atom stereocenters. The van der Waals surface area contributed by atoms with Gasteiger partial charge in [0, 0.05) is 46.2 Å². The van der Waals surface area contributed by atoms with E-state index in [0.717, 1.165) is 34.3 Å². The average molecular weight is 417 g/mol. The second kappa shape index (κ2) is 7.80. The summed E-state index contributed by atoms with van der Waals surface area (Å²) < 4.78 is 1.86. The fraction of sp³-hybridized carbons (Fsp3) is 0.280. The molecule has 1 amide bonds. The smallest absolute Gasteiger partial charge is 0.250 e. The molecule has 1 fully saturated rings. The van der Waals surface area contributed by atoms with E-state index in [4.69, 9.17) is 0 Å². The molecule has 1 aromatic heterocycles. The first-order chi connectivity index (χ1) is 14.7. The van der Waals surface area contributed by atoms with Gasteiger partial charge in [0.25, 0.3) is 0 Å². The molecule has 30 heavy (non-hydrogen) atoms. The molecule has 0 radical (unpaired) electrons. The predicted molar refractivity (Wildman–Crippen MR) is 121 cm³/mol. The lowest BCUT2D eigenvalue weighted by atomic mass is 9.83. The van der Waals surface area contributed by atoms with Crippen LogP contribution >= 0.6 is 11.8 Å². The Morgan fingerprint density at radius 3 is 2.63 bits per heavy atom. The van der Waals surface area contributed by atoms with E-state index < -0.39 is 0 Å². The van der Waals surface area contributed by atoms with E-state index in [1.165, 1.54) is 4.90 Å². The minimum Gasteiger partial charge on any atom is -0.330 e. The number of allylic oxidation sites excluding steroid dienone is 1. The SMILES string of the molecule is C/C=C1/C(=O)N(CCSc2ccccc2)C2CC1CC(=O)n1c2cc2ccccc21. The summed E-state index contributed by atoms with van der Waals surface area (Å²) in [6.07, 6.45) is 3.11. The lowest BCUT2D eigenvalue weighted by Crippen LogP contribution is -2.43. The van der Waals surface area contributed by atoms with Crippen LogP contribution in [0.3, 0.4) is 0 Å². The van der Waals surface area contributed by atoms with Gasteiger partial charge >= 0.3 is 0 Å². The zero-order valence-corrected chi connectivity index (χ0v) is 17.8. The van der Waals surface area contributed by atoms with E-state index in [2.05, 4.69) is 18.2 Å². The van der Waals surface area contributed by atoms with Gasteiger partial charge in [0.1, 0.15) is 0 Å². The van der Waals surface area contributed by atoms with Crippen LogP contribution in [0.25, 0.3) is 10.9 Å². The van der Waals surface area contributed by atoms with Gasteiger partial charge in [0.15, 0.2) is 0 Å². The largest absolute Gasteiger partial charge is 0.330 e. The molecule has 0 aliphatic carbocycles. The van der Waals surface area contributed by atoms with Crippen LogP contribution in [-0.2, 0) is 4.79 Å². The summed E-state index contributed by atoms with van der Waals surface area (Å²) in [5.41, 5.74) is 2.69. The predicted octanol–water partition coefficient (Wildman–Crippen LogP) is 5.31. The van der Waals surface area contributed by atoms with Crippen molar-refractivity contribution in [3.8, 4) is 0 Å². The number of piperidine rings is 1. The van der Waals surface area contributed by atoms with Crippen LogP contribution in [0.4, 0.5) is 0 Å². The number of hydrogen-bond donors (Lipinski definition) is 0. The van der Waals surface area contributed by atoms with Crippen molar-refractivity contribution in [2.75, 3.05) is 12.3 Å². The number of fused-ring (bicyclic) bond motifs is 6. The zero-order chi connectivity index (χ0) is 20.7. The van der Waals surface area contributed by atoms with Gasteiger partial charge in [-0.05, 0) is 37.6 Å². The third-order valence-corrected chi connectivity index (χ3v) is 7.23. The van der Waals surface area contributed by atoms with Crippen LogP contribution in [0.5, 0.6) is 0 Å². The second-order valence-corrected chi connectivity index (χ2v) is 9.08. The molecule has 2 aliphatic heterocycles. The third-order valence-electron chi connectivity index (χ3n) is 6.24. The summed E-state index contributed by atoms with van der Waals surface area (Å²) in [6, 6.07) is 20.3. The molecular weight excluding hydrogens is 392 g/mol. The lowest BCUT2D eigenvalue weighted by molar-refractivity contribution is -0.132. The third kappa shape index (κ3) is 3.18. The Hall–Kier alpha value is -2.79. The average Bonchev–Trinajstić information content (AvgIpc) is 3.10. The van der Waals surface area contributed by atoms with Gasteiger partial charge in [0.05, 0.1) is 11.6 Å². The number of rotatable bonds is 4. The topological polar surface area (TPSA) is 42.3 Å². The van der Waals surface area contributed by atoms with E-state index in [0.29, 0.717) is 13.0 Å². The molecule has 2 aromatic carbocycles. The Labute approximate surface area is 180 Å². The lowest BCUT2D eigenvalue weighted by Gasteiger charge is -2.39. The molecule has 2 aliphatic rings. The first-order valence-corrected chi connectivity index (χ1v) is 11.4. The Morgan fingerprint density at radius 2 is 1.83 bits per heavy atom. The summed E-state index contributed by atoms with van der Waals surface area (Å²) in [4.78, 5) is 29.8. The monoisotopic (exact) mass is 416 g/mol. The molecule has 3 heterocycles. The normalized spacial score (nSPS) is 22.4. The Kier molecular flexibility index (Phi) is 4.99. The van der Waals surface area contributed by atoms with Crippen molar-refractivity contribution in [3.05, 3.63) is 78.0 Å². The number of nitrogens with zero attached hydrogens (tertiary/aromatic N) is 2. The number of likely N-dealkylation sites (tertiary alicyclic amines) is 1. The van der Waals surface area contributed by atoms with Gasteiger partial charge in [-0.1, -0.05) is 42.5 Å². The van der Waals surface area contributed by atoms with Crippen molar-refractivity contribution in [1.29, 1.82) is 0 Å². The number of hydrogen-bond acceptors (Lipinski definition) is 3. The van der Waals surface area contributed by atoms with E-state index in [1.54, 1.807) is 11.8 Å². The van der Waals surface area contributed by atoms with E-state index >= 15 is 0 Å². The zero-order valence-electron chi connectivity index (χ0n) is 17.0. The van der Waals surface area contributed by atoms with E-state index in [-0.39, 0.29) is 23.8 Å². The van der Waals surface area contributed by atoms with Crippen LogP contribution in [-0.4, -0.2) is 33.6 Å². The van der Waals surface area contributed by atoms with Gasteiger partial charge in [-0.3, -0.25) is 14.2 Å². The maximum Gasteiger partial charge on any atom is 0.250 e. The molecule has 2 atom stereocenters. The number of benzene rings is 2. The van der Waals surface area contributed by atoms with Crippen molar-refractivity contribution < 1.29 is 9.59 Å². The molecule has 0 saturated carbocycles. The van der Waals surface area contributed by atoms with Crippen LogP contribution in [0.1, 0.15) is 36.3 Å². The molecular formula is C25H24N2O2S. The molecule has 2 bridgehead atoms. The number of thioether (sulfide) groups is 1. The van der Waals surface area contributed by atoms with Gasteiger partial charge in [0.2, 0.25) is 11.8 Å². The Bertz CT molecular complexity index is 1150. The van der Waals surface area contributed by atoms with Crippen LogP contribution in [0, 0.1) is 5.92 Å². The van der Waals surface area contributed by atoms with Crippen LogP contribution < -0.4 is 0 Å². The van der Waals surface area contributed by atoms with Crippen molar-refractivity contribution in [1.82, 2.24) is 9.47 Å². The van der Waals surface area contributed by atoms with E-state index in [1.807, 2.05) is 64.9 Å². The molecule has 0 spiro atoms. The first-order valence-electron chi connectivity index (χ1n) is 10.5. The number of carbonyl (C=O) groups excluding carboxylic acids is 2. The summed E-state index contributed by atoms with van der Waals surface area (Å²) in [5.74, 6) is 0.990. The number of amides is 1. The van der Waals surface area contributed by atoms with Crippen LogP contribution in [0.15, 0.2) is 77.2 Å². The number of para-hydroxylation sites is 1. The van der Waals surface area contributed by atoms with Crippen LogP contribution in [0.2, 0.25) is 0 Å². The van der Waals surface area contributed by atoms with Gasteiger partial charge < -0.3 is 4.90 Å². The standard InChI is InChI=1S/C25H24N2O2S/c1-2-20-18-15-22(26(25(20)29)12-13-30-19-9-4-3-5-10-19)23-14-17-8-6-7-11-21(17)27(23)24(28)16-18/h2-11,14,18,22H,12-13,15-16H2,1H3/b20-2+. The fourth-order valence-corrected chi connectivity index (χ4v) is 5.75. The Morgan fingerprint density at radius 1 is 1.07 bits per heavy atom. The van der Waals surface area contributed by atoms with Gasteiger partial charge in [-0.15, -0.1) is 11.8 Å². The quantitative estimate of drug-likeness (QED) is 0.427. The van der Waals surface area contributed by atoms with Gasteiger partial charge in [-0.25, -0.2) is 0 Å². The molecule has 5 rings (SSSR count). The fourth-order valence-electron chi connectivity index (χ4n) is 4.88. The maximum atomic E-state index is 13.4. The second-order valence-electron chi connectivity index (χ2n) is 7.91. The van der Waals surface area contributed by atoms with Crippen molar-refractivity contribution in [2.24, 2.45) is 5.92 Å². The van der Waals surface area contributed by atoms with Gasteiger partial charge in [-0.2, -0.15) is 0 Å². The molecule has 0 N–H and O–H groups in total. The minimum atomic E-state index is -0.0681. The molecule has 1 saturated heterocycles. The number of aromatic nitrogens is 1. The number of carbonyl (C=O) groups is 2. The highest BCUT2D eigenvalue weighted by Gasteiger charge is 2.43. The summed E-state index contributed by atoms with van der Waals surface area (Å²) in [6.45, 7) is 2.57. The van der Waals surface area contributed by atoms with E-state index in [9.17, 15) is 9.59 Å². The summed E-state index contributed by atoms with van der Waals surface area (Å²) in [5, 5.41) is 1.06. The maximum absolute atomic E-state index is 13.4. The van der Waals surface area contributed by atoms with Crippen molar-refractivity contribution in [2.45, 2.75) is 30.7 Å².